The number of piperidine rings is 1. The van der Waals surface area contributed by atoms with Gasteiger partial charge in [0.2, 0.25) is 0 Å². The summed E-state index contributed by atoms with van der Waals surface area (Å²) >= 11 is 11.6. The van der Waals surface area contributed by atoms with E-state index in [1.807, 2.05) is 0 Å². The van der Waals surface area contributed by atoms with Crippen LogP contribution in [0.25, 0.3) is 0 Å². The van der Waals surface area contributed by atoms with E-state index in [9.17, 15) is 9.59 Å². The second kappa shape index (κ2) is 8.50. The number of esters is 1. The smallest absolute Gasteiger partial charge is 0.323 e. The molecule has 2 rings (SSSR count). The lowest BCUT2D eigenvalue weighted by Gasteiger charge is -2.31. The minimum absolute atomic E-state index is 0.0363. The SMILES string of the molecule is NC(=O)N1CCC(C[C@H](N)C(=O)OCc2cc(Cl)nc(Cl)c2)CC1. The minimum atomic E-state index is -0.706. The highest BCUT2D eigenvalue weighted by molar-refractivity contribution is 6.32. The number of hydrogen-bond donors (Lipinski definition) is 2. The molecule has 2 heterocycles. The van der Waals surface area contributed by atoms with Gasteiger partial charge in [-0.3, -0.25) is 4.79 Å². The van der Waals surface area contributed by atoms with E-state index in [1.165, 1.54) is 0 Å². The molecule has 1 saturated heterocycles. The molecular formula is C15H20Cl2N4O3. The molecule has 1 atom stereocenters. The lowest BCUT2D eigenvalue weighted by molar-refractivity contribution is -0.147. The Labute approximate surface area is 150 Å². The van der Waals surface area contributed by atoms with Crippen LogP contribution in [-0.2, 0) is 16.1 Å². The fourth-order valence-corrected chi connectivity index (χ4v) is 3.21. The average Bonchev–Trinajstić information content (AvgIpc) is 2.52. The zero-order valence-electron chi connectivity index (χ0n) is 13.1. The number of primary amides is 1. The molecule has 0 bridgehead atoms. The van der Waals surface area contributed by atoms with E-state index in [4.69, 9.17) is 39.4 Å². The van der Waals surface area contributed by atoms with Gasteiger partial charge in [-0.1, -0.05) is 23.2 Å². The third kappa shape index (κ3) is 5.51. The summed E-state index contributed by atoms with van der Waals surface area (Å²) in [5.41, 5.74) is 11.8. The van der Waals surface area contributed by atoms with Gasteiger partial charge < -0.3 is 21.1 Å². The average molecular weight is 375 g/mol. The first-order valence-corrected chi connectivity index (χ1v) is 8.39. The molecule has 0 spiro atoms. The highest BCUT2D eigenvalue weighted by Gasteiger charge is 2.26. The second-order valence-corrected chi connectivity index (χ2v) is 6.61. The highest BCUT2D eigenvalue weighted by atomic mass is 35.5. The largest absolute Gasteiger partial charge is 0.460 e. The van der Waals surface area contributed by atoms with Crippen LogP contribution < -0.4 is 11.5 Å². The first-order valence-electron chi connectivity index (χ1n) is 7.63. The molecule has 0 aromatic carbocycles. The van der Waals surface area contributed by atoms with Crippen molar-refractivity contribution in [1.29, 1.82) is 0 Å². The van der Waals surface area contributed by atoms with Crippen LogP contribution in [-0.4, -0.2) is 41.0 Å². The van der Waals surface area contributed by atoms with Crippen molar-refractivity contribution in [3.05, 3.63) is 28.0 Å². The molecule has 2 amide bonds. The Morgan fingerprint density at radius 2 is 1.88 bits per heavy atom. The molecule has 0 radical (unpaired) electrons. The van der Waals surface area contributed by atoms with E-state index in [2.05, 4.69) is 4.98 Å². The number of halogens is 2. The number of rotatable bonds is 5. The first-order chi connectivity index (χ1) is 11.3. The first kappa shape index (κ1) is 18.8. The Morgan fingerprint density at radius 3 is 2.42 bits per heavy atom. The third-order valence-electron chi connectivity index (χ3n) is 4.02. The molecule has 4 N–H and O–H groups in total. The predicted molar refractivity (Wildman–Crippen MR) is 90.5 cm³/mol. The lowest BCUT2D eigenvalue weighted by Crippen LogP contribution is -2.43. The van der Waals surface area contributed by atoms with Gasteiger partial charge in [-0.15, -0.1) is 0 Å². The molecular weight excluding hydrogens is 355 g/mol. The molecule has 0 saturated carbocycles. The summed E-state index contributed by atoms with van der Waals surface area (Å²) in [5.74, 6) is -0.204. The Bertz CT molecular complexity index is 586. The number of aromatic nitrogens is 1. The number of likely N-dealkylation sites (tertiary alicyclic amines) is 1. The van der Waals surface area contributed by atoms with Crippen LogP contribution in [0.3, 0.4) is 0 Å². The monoisotopic (exact) mass is 374 g/mol. The van der Waals surface area contributed by atoms with E-state index in [1.54, 1.807) is 17.0 Å². The van der Waals surface area contributed by atoms with Crippen molar-refractivity contribution in [2.75, 3.05) is 13.1 Å². The standard InChI is InChI=1S/C15H20Cl2N4O3/c16-12-6-10(7-13(17)20-12)8-24-14(22)11(18)5-9-1-3-21(4-2-9)15(19)23/h6-7,9,11H,1-5,8,18H2,(H2,19,23)/t11-/m0/s1. The summed E-state index contributed by atoms with van der Waals surface area (Å²) in [6, 6.07) is 2.03. The molecule has 0 aliphatic carbocycles. The second-order valence-electron chi connectivity index (χ2n) is 5.84. The highest BCUT2D eigenvalue weighted by Crippen LogP contribution is 2.22. The summed E-state index contributed by atoms with van der Waals surface area (Å²) in [4.78, 5) is 28.5. The van der Waals surface area contributed by atoms with Crippen molar-refractivity contribution in [1.82, 2.24) is 9.88 Å². The predicted octanol–water partition coefficient (Wildman–Crippen LogP) is 1.94. The maximum atomic E-state index is 12.0. The molecule has 132 valence electrons. The topological polar surface area (TPSA) is 112 Å². The van der Waals surface area contributed by atoms with Gasteiger partial charge in [0, 0.05) is 13.1 Å². The van der Waals surface area contributed by atoms with E-state index >= 15 is 0 Å². The van der Waals surface area contributed by atoms with Crippen molar-refractivity contribution in [3.63, 3.8) is 0 Å². The van der Waals surface area contributed by atoms with Crippen LogP contribution in [0.5, 0.6) is 0 Å². The third-order valence-corrected chi connectivity index (χ3v) is 4.41. The van der Waals surface area contributed by atoms with Crippen molar-refractivity contribution < 1.29 is 14.3 Å². The van der Waals surface area contributed by atoms with Gasteiger partial charge in [0.1, 0.15) is 23.0 Å². The molecule has 1 aliphatic rings. The van der Waals surface area contributed by atoms with Crippen LogP contribution in [0.2, 0.25) is 10.3 Å². The van der Waals surface area contributed by atoms with Crippen LogP contribution in [0, 0.1) is 5.92 Å². The number of carbonyl (C=O) groups excluding carboxylic acids is 2. The van der Waals surface area contributed by atoms with Gasteiger partial charge in [-0.05, 0) is 42.9 Å². The van der Waals surface area contributed by atoms with Crippen LogP contribution in [0.1, 0.15) is 24.8 Å². The van der Waals surface area contributed by atoms with E-state index in [0.717, 1.165) is 12.8 Å². The van der Waals surface area contributed by atoms with Crippen LogP contribution in [0.4, 0.5) is 4.79 Å². The molecule has 24 heavy (non-hydrogen) atoms. The molecule has 1 aromatic rings. The number of urea groups is 1. The van der Waals surface area contributed by atoms with Gasteiger partial charge in [0.25, 0.3) is 0 Å². The van der Waals surface area contributed by atoms with Gasteiger partial charge >= 0.3 is 12.0 Å². The van der Waals surface area contributed by atoms with Crippen molar-refractivity contribution in [3.8, 4) is 0 Å². The zero-order valence-corrected chi connectivity index (χ0v) is 14.6. The van der Waals surface area contributed by atoms with E-state index in [-0.39, 0.29) is 22.8 Å². The normalized spacial score (nSPS) is 16.7. The van der Waals surface area contributed by atoms with Crippen molar-refractivity contribution in [2.45, 2.75) is 31.9 Å². The number of ether oxygens (including phenoxy) is 1. The van der Waals surface area contributed by atoms with E-state index in [0.29, 0.717) is 25.1 Å². The summed E-state index contributed by atoms with van der Waals surface area (Å²) < 4.78 is 5.21. The number of nitrogens with two attached hydrogens (primary N) is 2. The van der Waals surface area contributed by atoms with Gasteiger partial charge in [0.05, 0.1) is 0 Å². The van der Waals surface area contributed by atoms with Gasteiger partial charge in [-0.25, -0.2) is 9.78 Å². The van der Waals surface area contributed by atoms with Crippen LogP contribution >= 0.6 is 23.2 Å². The molecule has 1 aliphatic heterocycles. The summed E-state index contributed by atoms with van der Waals surface area (Å²) in [5, 5.41) is 0.470. The number of nitrogens with zero attached hydrogens (tertiary/aromatic N) is 2. The number of hydrogen-bond acceptors (Lipinski definition) is 5. The number of carbonyl (C=O) groups is 2. The minimum Gasteiger partial charge on any atom is -0.460 e. The summed E-state index contributed by atoms with van der Waals surface area (Å²) in [6.07, 6.45) is 2.07. The number of amides is 2. The molecule has 9 heteroatoms. The summed E-state index contributed by atoms with van der Waals surface area (Å²) in [6.45, 7) is 1.22. The maximum Gasteiger partial charge on any atom is 0.323 e. The lowest BCUT2D eigenvalue weighted by atomic mass is 9.90. The fourth-order valence-electron chi connectivity index (χ4n) is 2.70. The Morgan fingerprint density at radius 1 is 1.29 bits per heavy atom. The van der Waals surface area contributed by atoms with Gasteiger partial charge in [-0.2, -0.15) is 0 Å². The van der Waals surface area contributed by atoms with E-state index < -0.39 is 18.0 Å². The fraction of sp³-hybridized carbons (Fsp3) is 0.533. The molecule has 1 aromatic heterocycles. The van der Waals surface area contributed by atoms with Gasteiger partial charge in [0.15, 0.2) is 0 Å². The molecule has 1 fully saturated rings. The quantitative estimate of drug-likeness (QED) is 0.603. The molecule has 0 unspecified atom stereocenters. The molecule has 7 nitrogen and oxygen atoms in total. The van der Waals surface area contributed by atoms with Crippen molar-refractivity contribution >= 4 is 35.2 Å². The Balaban J connectivity index is 1.77. The zero-order chi connectivity index (χ0) is 17.7. The maximum absolute atomic E-state index is 12.0. The van der Waals surface area contributed by atoms with Crippen LogP contribution in [0.15, 0.2) is 12.1 Å². The number of pyridine rings is 1. The van der Waals surface area contributed by atoms with Crippen molar-refractivity contribution in [2.24, 2.45) is 17.4 Å². The Kier molecular flexibility index (Phi) is 6.65. The Hall–Kier alpha value is -1.57. The summed E-state index contributed by atoms with van der Waals surface area (Å²) in [7, 11) is 0.